The van der Waals surface area contributed by atoms with Gasteiger partial charge in [0.05, 0.1) is 5.60 Å². The molecule has 0 radical (unpaired) electrons. The van der Waals surface area contributed by atoms with Crippen LogP contribution in [0.25, 0.3) is 0 Å². The Kier molecular flexibility index (Phi) is 4.11. The summed E-state index contributed by atoms with van der Waals surface area (Å²) in [4.78, 5) is 0. The number of aromatic nitrogens is 1. The lowest BCUT2D eigenvalue weighted by atomic mass is 10.1. The molecule has 1 heterocycles. The van der Waals surface area contributed by atoms with Crippen molar-refractivity contribution in [3.05, 3.63) is 23.5 Å². The van der Waals surface area contributed by atoms with Gasteiger partial charge in [-0.05, 0) is 25.5 Å². The second-order valence-corrected chi connectivity index (χ2v) is 4.52. The Morgan fingerprint density at radius 3 is 2.75 bits per heavy atom. The fourth-order valence-electron chi connectivity index (χ4n) is 1.42. The van der Waals surface area contributed by atoms with Crippen LogP contribution in [0.2, 0.25) is 0 Å². The van der Waals surface area contributed by atoms with Crippen molar-refractivity contribution < 1.29 is 4.74 Å². The van der Waals surface area contributed by atoms with Gasteiger partial charge in [0.2, 0.25) is 0 Å². The summed E-state index contributed by atoms with van der Waals surface area (Å²) in [5.74, 6) is 0. The van der Waals surface area contributed by atoms with Gasteiger partial charge in [0.25, 0.3) is 0 Å². The Hall–Kier alpha value is -1.31. The van der Waals surface area contributed by atoms with Crippen molar-refractivity contribution in [3.8, 4) is 6.07 Å². The summed E-state index contributed by atoms with van der Waals surface area (Å²) in [6.45, 7) is 5.60. The molecule has 1 aromatic rings. The maximum Gasteiger partial charge on any atom is 0.120 e. The highest BCUT2D eigenvalue weighted by Gasteiger charge is 2.15. The van der Waals surface area contributed by atoms with Crippen LogP contribution in [0.15, 0.2) is 12.3 Å². The molecule has 4 nitrogen and oxygen atoms in total. The minimum Gasteiger partial charge on any atom is -0.377 e. The summed E-state index contributed by atoms with van der Waals surface area (Å²) in [5.41, 5.74) is 1.64. The first-order chi connectivity index (χ1) is 7.48. The van der Waals surface area contributed by atoms with Crippen molar-refractivity contribution in [2.45, 2.75) is 26.0 Å². The summed E-state index contributed by atoms with van der Waals surface area (Å²) in [6, 6.07) is 4.04. The molecule has 0 aliphatic rings. The number of nitriles is 1. The third kappa shape index (κ3) is 3.37. The van der Waals surface area contributed by atoms with Gasteiger partial charge in [0, 0.05) is 33.4 Å². The Balaban J connectivity index is 2.47. The normalized spacial score (nSPS) is 11.4. The zero-order valence-corrected chi connectivity index (χ0v) is 10.4. The van der Waals surface area contributed by atoms with Crippen molar-refractivity contribution >= 4 is 0 Å². The molecule has 0 spiro atoms. The summed E-state index contributed by atoms with van der Waals surface area (Å²) >= 11 is 0. The molecule has 0 amide bonds. The molecule has 4 heteroatoms. The highest BCUT2D eigenvalue weighted by atomic mass is 16.5. The van der Waals surface area contributed by atoms with Gasteiger partial charge in [-0.25, -0.2) is 0 Å². The van der Waals surface area contributed by atoms with Crippen LogP contribution >= 0.6 is 0 Å². The van der Waals surface area contributed by atoms with Crippen LogP contribution in [0.5, 0.6) is 0 Å². The molecule has 0 aliphatic carbocycles. The van der Waals surface area contributed by atoms with E-state index in [0.717, 1.165) is 18.7 Å². The average molecular weight is 221 g/mol. The van der Waals surface area contributed by atoms with Crippen molar-refractivity contribution in [2.24, 2.45) is 7.05 Å². The minimum atomic E-state index is -0.160. The summed E-state index contributed by atoms with van der Waals surface area (Å²) < 4.78 is 7.14. The van der Waals surface area contributed by atoms with Gasteiger partial charge < -0.3 is 14.6 Å². The highest BCUT2D eigenvalue weighted by Crippen LogP contribution is 2.08. The molecule has 16 heavy (non-hydrogen) atoms. The van der Waals surface area contributed by atoms with Crippen LogP contribution in [-0.2, 0) is 18.3 Å². The standard InChI is InChI=1S/C12H19N3O/c1-12(2,16-4)9-14-7-10-5-11(6-13)15(3)8-10/h5,8,14H,7,9H2,1-4H3. The van der Waals surface area contributed by atoms with E-state index in [1.165, 1.54) is 0 Å². The van der Waals surface area contributed by atoms with Gasteiger partial charge in [-0.1, -0.05) is 0 Å². The molecule has 0 aliphatic heterocycles. The molecular weight excluding hydrogens is 202 g/mol. The highest BCUT2D eigenvalue weighted by molar-refractivity contribution is 5.28. The quantitative estimate of drug-likeness (QED) is 0.818. The number of hydrogen-bond donors (Lipinski definition) is 1. The smallest absolute Gasteiger partial charge is 0.120 e. The molecular formula is C12H19N3O. The zero-order valence-electron chi connectivity index (χ0n) is 10.4. The van der Waals surface area contributed by atoms with E-state index in [1.54, 1.807) is 7.11 Å². The third-order valence-electron chi connectivity index (χ3n) is 2.61. The lowest BCUT2D eigenvalue weighted by Gasteiger charge is -2.23. The minimum absolute atomic E-state index is 0.160. The predicted octanol–water partition coefficient (Wildman–Crippen LogP) is 1.41. The summed E-state index contributed by atoms with van der Waals surface area (Å²) in [5, 5.41) is 12.1. The van der Waals surface area contributed by atoms with E-state index >= 15 is 0 Å². The number of ether oxygens (including phenoxy) is 1. The maximum atomic E-state index is 8.81. The Morgan fingerprint density at radius 1 is 1.56 bits per heavy atom. The van der Waals surface area contributed by atoms with Crippen LogP contribution < -0.4 is 5.32 Å². The first kappa shape index (κ1) is 12.8. The lowest BCUT2D eigenvalue weighted by molar-refractivity contribution is 0.0231. The van der Waals surface area contributed by atoms with E-state index in [2.05, 4.69) is 11.4 Å². The van der Waals surface area contributed by atoms with E-state index in [-0.39, 0.29) is 5.60 Å². The van der Waals surface area contributed by atoms with E-state index in [0.29, 0.717) is 5.69 Å². The van der Waals surface area contributed by atoms with E-state index < -0.39 is 0 Å². The van der Waals surface area contributed by atoms with E-state index in [9.17, 15) is 0 Å². The third-order valence-corrected chi connectivity index (χ3v) is 2.61. The molecule has 0 bridgehead atoms. The fraction of sp³-hybridized carbons (Fsp3) is 0.583. The first-order valence-corrected chi connectivity index (χ1v) is 5.30. The van der Waals surface area contributed by atoms with Crippen LogP contribution in [-0.4, -0.2) is 23.8 Å². The molecule has 0 fully saturated rings. The monoisotopic (exact) mass is 221 g/mol. The van der Waals surface area contributed by atoms with Gasteiger partial charge in [0.1, 0.15) is 11.8 Å². The molecule has 0 saturated heterocycles. The number of nitrogens with one attached hydrogen (secondary N) is 1. The molecule has 1 N–H and O–H groups in total. The number of nitrogens with zero attached hydrogens (tertiary/aromatic N) is 2. The Labute approximate surface area is 96.8 Å². The number of rotatable bonds is 5. The molecule has 1 aromatic heterocycles. The topological polar surface area (TPSA) is 50.0 Å². The van der Waals surface area contributed by atoms with Gasteiger partial charge in [0.15, 0.2) is 0 Å². The molecule has 0 unspecified atom stereocenters. The number of methoxy groups -OCH3 is 1. The second kappa shape index (κ2) is 5.15. The lowest BCUT2D eigenvalue weighted by Crippen LogP contribution is -2.36. The van der Waals surface area contributed by atoms with Crippen molar-refractivity contribution in [1.29, 1.82) is 5.26 Å². The van der Waals surface area contributed by atoms with Crippen LogP contribution in [0.4, 0.5) is 0 Å². The van der Waals surface area contributed by atoms with E-state index in [1.807, 2.05) is 37.7 Å². The molecule has 0 saturated carbocycles. The van der Waals surface area contributed by atoms with Gasteiger partial charge >= 0.3 is 0 Å². The molecule has 0 atom stereocenters. The number of aryl methyl sites for hydroxylation is 1. The van der Waals surface area contributed by atoms with Crippen molar-refractivity contribution in [1.82, 2.24) is 9.88 Å². The molecule has 1 rings (SSSR count). The predicted molar refractivity (Wildman–Crippen MR) is 62.9 cm³/mol. The average Bonchev–Trinajstić information content (AvgIpc) is 2.59. The summed E-state index contributed by atoms with van der Waals surface area (Å²) in [7, 11) is 3.58. The molecule has 88 valence electrons. The molecule has 0 aromatic carbocycles. The van der Waals surface area contributed by atoms with Gasteiger partial charge in [-0.3, -0.25) is 0 Å². The second-order valence-electron chi connectivity index (χ2n) is 4.52. The maximum absolute atomic E-state index is 8.81. The Morgan fingerprint density at radius 2 is 2.25 bits per heavy atom. The van der Waals surface area contributed by atoms with Crippen LogP contribution in [0.3, 0.4) is 0 Å². The first-order valence-electron chi connectivity index (χ1n) is 5.30. The van der Waals surface area contributed by atoms with Crippen LogP contribution in [0.1, 0.15) is 25.1 Å². The van der Waals surface area contributed by atoms with Gasteiger partial charge in [-0.15, -0.1) is 0 Å². The van der Waals surface area contributed by atoms with Crippen LogP contribution in [0, 0.1) is 11.3 Å². The van der Waals surface area contributed by atoms with Crippen molar-refractivity contribution in [3.63, 3.8) is 0 Å². The van der Waals surface area contributed by atoms with Gasteiger partial charge in [-0.2, -0.15) is 5.26 Å². The fourth-order valence-corrected chi connectivity index (χ4v) is 1.42. The summed E-state index contributed by atoms with van der Waals surface area (Å²) in [6.07, 6.45) is 1.96. The number of hydrogen-bond acceptors (Lipinski definition) is 3. The van der Waals surface area contributed by atoms with E-state index in [4.69, 9.17) is 10.00 Å². The Bertz CT molecular complexity index is 387. The largest absolute Gasteiger partial charge is 0.377 e. The SMILES string of the molecule is COC(C)(C)CNCc1cc(C#N)n(C)c1. The van der Waals surface area contributed by atoms with Crippen molar-refractivity contribution in [2.75, 3.05) is 13.7 Å². The zero-order chi connectivity index (χ0) is 12.2.